The Bertz CT molecular complexity index is 403. The number of amides is 1. The summed E-state index contributed by atoms with van der Waals surface area (Å²) in [6, 6.07) is 9.64. The van der Waals surface area contributed by atoms with Crippen molar-refractivity contribution in [3.05, 3.63) is 35.9 Å². The maximum atomic E-state index is 12.0. The Morgan fingerprint density at radius 2 is 1.84 bits per heavy atom. The Morgan fingerprint density at radius 1 is 1.16 bits per heavy atom. The van der Waals surface area contributed by atoms with Crippen molar-refractivity contribution in [1.29, 1.82) is 0 Å². The SMILES string of the molecule is CCCC(=O)N(CC(=O)OCC)Cc1ccccc1. The maximum absolute atomic E-state index is 12.0. The second-order valence-electron chi connectivity index (χ2n) is 4.29. The van der Waals surface area contributed by atoms with E-state index < -0.39 is 0 Å². The van der Waals surface area contributed by atoms with Gasteiger partial charge in [-0.1, -0.05) is 37.3 Å². The lowest BCUT2D eigenvalue weighted by atomic mass is 10.2. The lowest BCUT2D eigenvalue weighted by Gasteiger charge is -2.21. The quantitative estimate of drug-likeness (QED) is 0.710. The molecular weight excluding hydrogens is 242 g/mol. The molecule has 4 nitrogen and oxygen atoms in total. The molecule has 0 atom stereocenters. The van der Waals surface area contributed by atoms with Gasteiger partial charge in [0.25, 0.3) is 0 Å². The zero-order chi connectivity index (χ0) is 14.1. The van der Waals surface area contributed by atoms with Gasteiger partial charge in [0.15, 0.2) is 0 Å². The van der Waals surface area contributed by atoms with Crippen molar-refractivity contribution < 1.29 is 14.3 Å². The Morgan fingerprint density at radius 3 is 2.42 bits per heavy atom. The normalized spacial score (nSPS) is 10.0. The summed E-state index contributed by atoms with van der Waals surface area (Å²) in [4.78, 5) is 25.1. The lowest BCUT2D eigenvalue weighted by molar-refractivity contribution is -0.149. The van der Waals surface area contributed by atoms with E-state index >= 15 is 0 Å². The number of nitrogens with zero attached hydrogens (tertiary/aromatic N) is 1. The highest BCUT2D eigenvalue weighted by Crippen LogP contribution is 2.07. The first-order chi connectivity index (χ1) is 9.17. The van der Waals surface area contributed by atoms with Crippen molar-refractivity contribution in [2.45, 2.75) is 33.2 Å². The van der Waals surface area contributed by atoms with E-state index in [9.17, 15) is 9.59 Å². The molecule has 1 amide bonds. The number of hydrogen-bond acceptors (Lipinski definition) is 3. The fraction of sp³-hybridized carbons (Fsp3) is 0.467. The van der Waals surface area contributed by atoms with Crippen molar-refractivity contribution in [2.75, 3.05) is 13.2 Å². The molecule has 0 heterocycles. The molecule has 0 radical (unpaired) electrons. The standard InChI is InChI=1S/C15H21NO3/c1-3-8-14(17)16(12-15(18)19-4-2)11-13-9-6-5-7-10-13/h5-7,9-10H,3-4,8,11-12H2,1-2H3. The summed E-state index contributed by atoms with van der Waals surface area (Å²) in [6.45, 7) is 4.50. The Balaban J connectivity index is 2.69. The van der Waals surface area contributed by atoms with Gasteiger partial charge in [0.1, 0.15) is 6.54 Å². The van der Waals surface area contributed by atoms with Gasteiger partial charge in [0.2, 0.25) is 5.91 Å². The topological polar surface area (TPSA) is 46.6 Å². The minimum atomic E-state index is -0.358. The highest BCUT2D eigenvalue weighted by molar-refractivity contribution is 5.82. The summed E-state index contributed by atoms with van der Waals surface area (Å²) in [5.41, 5.74) is 1.01. The van der Waals surface area contributed by atoms with Gasteiger partial charge in [-0.05, 0) is 18.9 Å². The highest BCUT2D eigenvalue weighted by atomic mass is 16.5. The molecule has 0 aliphatic rings. The molecule has 0 bridgehead atoms. The summed E-state index contributed by atoms with van der Waals surface area (Å²) >= 11 is 0. The number of rotatable bonds is 7. The van der Waals surface area contributed by atoms with Gasteiger partial charge in [-0.15, -0.1) is 0 Å². The molecule has 0 spiro atoms. The molecule has 1 rings (SSSR count). The van der Waals surface area contributed by atoms with Gasteiger partial charge in [-0.3, -0.25) is 9.59 Å². The van der Waals surface area contributed by atoms with Crippen LogP contribution in [-0.4, -0.2) is 29.9 Å². The largest absolute Gasteiger partial charge is 0.465 e. The first-order valence-corrected chi connectivity index (χ1v) is 6.64. The van der Waals surface area contributed by atoms with E-state index in [1.54, 1.807) is 11.8 Å². The van der Waals surface area contributed by atoms with Crippen LogP contribution in [0, 0.1) is 0 Å². The molecule has 4 heteroatoms. The fourth-order valence-corrected chi connectivity index (χ4v) is 1.77. The monoisotopic (exact) mass is 263 g/mol. The lowest BCUT2D eigenvalue weighted by Crippen LogP contribution is -2.35. The Labute approximate surface area is 114 Å². The van der Waals surface area contributed by atoms with Crippen LogP contribution in [0.25, 0.3) is 0 Å². The zero-order valence-corrected chi connectivity index (χ0v) is 11.6. The second kappa shape index (κ2) is 8.29. The third-order valence-corrected chi connectivity index (χ3v) is 2.66. The smallest absolute Gasteiger partial charge is 0.325 e. The van der Waals surface area contributed by atoms with Crippen LogP contribution >= 0.6 is 0 Å². The summed E-state index contributed by atoms with van der Waals surface area (Å²) in [6.07, 6.45) is 1.22. The molecule has 0 aliphatic carbocycles. The third-order valence-electron chi connectivity index (χ3n) is 2.66. The molecule has 0 aliphatic heterocycles. The van der Waals surface area contributed by atoms with Crippen molar-refractivity contribution in [3.8, 4) is 0 Å². The Hall–Kier alpha value is -1.84. The van der Waals surface area contributed by atoms with Crippen LogP contribution in [0.5, 0.6) is 0 Å². The van der Waals surface area contributed by atoms with E-state index in [1.807, 2.05) is 37.3 Å². The number of ether oxygens (including phenoxy) is 1. The van der Waals surface area contributed by atoms with Gasteiger partial charge in [0, 0.05) is 13.0 Å². The number of benzene rings is 1. The predicted octanol–water partition coefficient (Wildman–Crippen LogP) is 2.38. The summed E-state index contributed by atoms with van der Waals surface area (Å²) in [5, 5.41) is 0. The molecule has 0 N–H and O–H groups in total. The molecule has 1 aromatic rings. The van der Waals surface area contributed by atoms with E-state index in [-0.39, 0.29) is 18.4 Å². The molecule has 0 saturated heterocycles. The summed E-state index contributed by atoms with van der Waals surface area (Å²) in [5.74, 6) is -0.373. The first-order valence-electron chi connectivity index (χ1n) is 6.64. The minimum absolute atomic E-state index is 0.0144. The molecule has 0 aromatic heterocycles. The van der Waals surface area contributed by atoms with E-state index in [0.29, 0.717) is 19.6 Å². The minimum Gasteiger partial charge on any atom is -0.465 e. The molecule has 1 aromatic carbocycles. The van der Waals surface area contributed by atoms with Crippen molar-refractivity contribution >= 4 is 11.9 Å². The number of carbonyl (C=O) groups excluding carboxylic acids is 2. The predicted molar refractivity (Wildman–Crippen MR) is 73.4 cm³/mol. The third kappa shape index (κ3) is 5.55. The average Bonchev–Trinajstić information content (AvgIpc) is 2.40. The van der Waals surface area contributed by atoms with Crippen molar-refractivity contribution in [3.63, 3.8) is 0 Å². The first kappa shape index (κ1) is 15.2. The van der Waals surface area contributed by atoms with Gasteiger partial charge in [0.05, 0.1) is 6.61 Å². The zero-order valence-electron chi connectivity index (χ0n) is 11.6. The molecule has 0 unspecified atom stereocenters. The van der Waals surface area contributed by atoms with Crippen LogP contribution in [0.1, 0.15) is 32.3 Å². The number of carbonyl (C=O) groups is 2. The molecular formula is C15H21NO3. The summed E-state index contributed by atoms with van der Waals surface area (Å²) in [7, 11) is 0. The van der Waals surface area contributed by atoms with Crippen LogP contribution in [0.4, 0.5) is 0 Å². The van der Waals surface area contributed by atoms with Crippen LogP contribution in [0.15, 0.2) is 30.3 Å². The molecule has 0 fully saturated rings. The number of esters is 1. The van der Waals surface area contributed by atoms with E-state index in [0.717, 1.165) is 12.0 Å². The van der Waals surface area contributed by atoms with Crippen LogP contribution in [-0.2, 0) is 20.9 Å². The van der Waals surface area contributed by atoms with Gasteiger partial charge in [-0.25, -0.2) is 0 Å². The van der Waals surface area contributed by atoms with Crippen molar-refractivity contribution in [1.82, 2.24) is 4.90 Å². The fourth-order valence-electron chi connectivity index (χ4n) is 1.77. The summed E-state index contributed by atoms with van der Waals surface area (Å²) < 4.78 is 4.91. The molecule has 0 saturated carbocycles. The van der Waals surface area contributed by atoms with Crippen LogP contribution < -0.4 is 0 Å². The maximum Gasteiger partial charge on any atom is 0.325 e. The van der Waals surface area contributed by atoms with Crippen molar-refractivity contribution in [2.24, 2.45) is 0 Å². The van der Waals surface area contributed by atoms with E-state index in [2.05, 4.69) is 0 Å². The van der Waals surface area contributed by atoms with Gasteiger partial charge in [-0.2, -0.15) is 0 Å². The van der Waals surface area contributed by atoms with Gasteiger partial charge < -0.3 is 9.64 Å². The highest BCUT2D eigenvalue weighted by Gasteiger charge is 2.17. The average molecular weight is 263 g/mol. The van der Waals surface area contributed by atoms with Crippen LogP contribution in [0.3, 0.4) is 0 Å². The Kier molecular flexibility index (Phi) is 6.64. The second-order valence-corrected chi connectivity index (χ2v) is 4.29. The molecule has 19 heavy (non-hydrogen) atoms. The van der Waals surface area contributed by atoms with E-state index in [4.69, 9.17) is 4.74 Å². The van der Waals surface area contributed by atoms with Crippen LogP contribution in [0.2, 0.25) is 0 Å². The van der Waals surface area contributed by atoms with E-state index in [1.165, 1.54) is 0 Å². The molecule has 104 valence electrons. The van der Waals surface area contributed by atoms with Gasteiger partial charge >= 0.3 is 5.97 Å². The number of hydrogen-bond donors (Lipinski definition) is 0.